The summed E-state index contributed by atoms with van der Waals surface area (Å²) in [6.45, 7) is 0. The minimum Gasteiger partial charge on any atom is -0.446 e. The van der Waals surface area contributed by atoms with Gasteiger partial charge in [0.15, 0.2) is 10.4 Å². The first-order valence-corrected chi connectivity index (χ1v) is 6.72. The zero-order chi connectivity index (χ0) is 14.0. The zero-order valence-corrected chi connectivity index (χ0v) is 12.5. The summed E-state index contributed by atoms with van der Waals surface area (Å²) in [5, 5.41) is 9.78. The number of rotatable bonds is 3. The van der Waals surface area contributed by atoms with Crippen molar-refractivity contribution in [2.45, 2.75) is 5.92 Å². The Hall–Kier alpha value is -1.28. The SMILES string of the molecule is N#CC(C(=O)c1ccc(Br)o1)c1c(Cl)cccc1Cl. The van der Waals surface area contributed by atoms with Crippen molar-refractivity contribution in [2.24, 2.45) is 0 Å². The van der Waals surface area contributed by atoms with Crippen molar-refractivity contribution in [3.63, 3.8) is 0 Å². The Morgan fingerprint density at radius 2 is 1.89 bits per heavy atom. The molecule has 0 N–H and O–H groups in total. The van der Waals surface area contributed by atoms with E-state index in [1.807, 2.05) is 6.07 Å². The molecule has 0 aliphatic heterocycles. The van der Waals surface area contributed by atoms with Crippen LogP contribution in [0.15, 0.2) is 39.4 Å². The van der Waals surface area contributed by atoms with E-state index in [9.17, 15) is 10.1 Å². The minimum atomic E-state index is -1.10. The Morgan fingerprint density at radius 1 is 1.26 bits per heavy atom. The van der Waals surface area contributed by atoms with Crippen LogP contribution >= 0.6 is 39.1 Å². The summed E-state index contributed by atoms with van der Waals surface area (Å²) in [4.78, 5) is 12.2. The molecule has 2 rings (SSSR count). The molecule has 1 aromatic carbocycles. The number of Topliss-reactive ketones (excluding diaryl/α,β-unsaturated/α-hetero) is 1. The molecule has 0 spiro atoms. The maximum Gasteiger partial charge on any atom is 0.219 e. The van der Waals surface area contributed by atoms with Gasteiger partial charge in [0.05, 0.1) is 6.07 Å². The molecule has 0 saturated carbocycles. The van der Waals surface area contributed by atoms with Gasteiger partial charge in [-0.1, -0.05) is 29.3 Å². The van der Waals surface area contributed by atoms with Crippen molar-refractivity contribution in [2.75, 3.05) is 0 Å². The smallest absolute Gasteiger partial charge is 0.219 e. The summed E-state index contributed by atoms with van der Waals surface area (Å²) >= 11 is 15.1. The topological polar surface area (TPSA) is 54.0 Å². The number of nitriles is 1. The first-order valence-electron chi connectivity index (χ1n) is 5.17. The Kier molecular flexibility index (Phi) is 4.31. The van der Waals surface area contributed by atoms with E-state index in [0.29, 0.717) is 10.2 Å². The molecule has 0 aliphatic rings. The van der Waals surface area contributed by atoms with Gasteiger partial charge in [-0.15, -0.1) is 0 Å². The normalized spacial score (nSPS) is 11.9. The Bertz CT molecular complexity index is 655. The molecular formula is C13H6BrCl2NO2. The number of hydrogen-bond donors (Lipinski definition) is 0. The van der Waals surface area contributed by atoms with Crippen LogP contribution in [0.4, 0.5) is 0 Å². The van der Waals surface area contributed by atoms with Gasteiger partial charge in [0.2, 0.25) is 5.78 Å². The summed E-state index contributed by atoms with van der Waals surface area (Å²) in [5.41, 5.74) is 0.297. The molecule has 96 valence electrons. The summed E-state index contributed by atoms with van der Waals surface area (Å²) in [6, 6.07) is 9.79. The van der Waals surface area contributed by atoms with E-state index in [4.69, 9.17) is 27.6 Å². The second-order valence-corrected chi connectivity index (χ2v) is 5.26. The zero-order valence-electron chi connectivity index (χ0n) is 9.36. The van der Waals surface area contributed by atoms with Crippen LogP contribution in [-0.4, -0.2) is 5.78 Å². The summed E-state index contributed by atoms with van der Waals surface area (Å²) in [6.07, 6.45) is 0. The third-order valence-electron chi connectivity index (χ3n) is 2.50. The van der Waals surface area contributed by atoms with E-state index in [1.165, 1.54) is 6.07 Å². The number of carbonyl (C=O) groups excluding carboxylic acids is 1. The lowest BCUT2D eigenvalue weighted by Crippen LogP contribution is -2.11. The monoisotopic (exact) mass is 357 g/mol. The van der Waals surface area contributed by atoms with Crippen LogP contribution in [0.2, 0.25) is 10.0 Å². The molecule has 1 unspecified atom stereocenters. The fraction of sp³-hybridized carbons (Fsp3) is 0.0769. The van der Waals surface area contributed by atoms with Crippen molar-refractivity contribution in [3.8, 4) is 6.07 Å². The predicted octanol–water partition coefficient (Wildman–Crippen LogP) is 4.84. The largest absolute Gasteiger partial charge is 0.446 e. The van der Waals surface area contributed by atoms with E-state index in [-0.39, 0.29) is 15.8 Å². The number of halogens is 3. The van der Waals surface area contributed by atoms with E-state index in [0.717, 1.165) is 0 Å². The molecule has 1 atom stereocenters. The number of furan rings is 1. The molecular weight excluding hydrogens is 353 g/mol. The molecule has 0 amide bonds. The Balaban J connectivity index is 2.47. The number of nitrogens with zero attached hydrogens (tertiary/aromatic N) is 1. The Morgan fingerprint density at radius 3 is 2.37 bits per heavy atom. The van der Waals surface area contributed by atoms with Crippen molar-refractivity contribution >= 4 is 44.9 Å². The first kappa shape index (κ1) is 14.1. The molecule has 2 aromatic rings. The van der Waals surface area contributed by atoms with Gasteiger partial charge in [-0.25, -0.2) is 0 Å². The highest BCUT2D eigenvalue weighted by Crippen LogP contribution is 2.33. The van der Waals surface area contributed by atoms with Crippen LogP contribution in [0.3, 0.4) is 0 Å². The van der Waals surface area contributed by atoms with Crippen molar-refractivity contribution in [3.05, 3.63) is 56.4 Å². The molecule has 19 heavy (non-hydrogen) atoms. The fourth-order valence-electron chi connectivity index (χ4n) is 1.63. The molecule has 3 nitrogen and oxygen atoms in total. The van der Waals surface area contributed by atoms with E-state index >= 15 is 0 Å². The van der Waals surface area contributed by atoms with E-state index in [2.05, 4.69) is 15.9 Å². The van der Waals surface area contributed by atoms with Crippen molar-refractivity contribution < 1.29 is 9.21 Å². The average Bonchev–Trinajstić information content (AvgIpc) is 2.80. The Labute approximate surface area is 127 Å². The van der Waals surface area contributed by atoms with Gasteiger partial charge < -0.3 is 4.42 Å². The molecule has 1 aromatic heterocycles. The van der Waals surface area contributed by atoms with Crippen molar-refractivity contribution in [1.82, 2.24) is 0 Å². The number of benzene rings is 1. The minimum absolute atomic E-state index is 0.0782. The molecule has 0 saturated heterocycles. The van der Waals surface area contributed by atoms with E-state index < -0.39 is 11.7 Å². The van der Waals surface area contributed by atoms with Crippen LogP contribution in [0.5, 0.6) is 0 Å². The standard InChI is InChI=1S/C13H6BrCl2NO2/c14-11-5-4-10(19-11)13(18)7(6-17)12-8(15)2-1-3-9(12)16/h1-5,7H. The number of hydrogen-bond acceptors (Lipinski definition) is 3. The van der Waals surface area contributed by atoms with Crippen LogP contribution in [0.25, 0.3) is 0 Å². The second-order valence-electron chi connectivity index (χ2n) is 3.67. The lowest BCUT2D eigenvalue weighted by atomic mass is 9.94. The first-order chi connectivity index (χ1) is 9.04. The highest BCUT2D eigenvalue weighted by Gasteiger charge is 2.28. The maximum atomic E-state index is 12.2. The lowest BCUT2D eigenvalue weighted by Gasteiger charge is -2.10. The molecule has 1 heterocycles. The lowest BCUT2D eigenvalue weighted by molar-refractivity contribution is 0.0950. The van der Waals surface area contributed by atoms with Crippen LogP contribution in [0, 0.1) is 11.3 Å². The van der Waals surface area contributed by atoms with E-state index in [1.54, 1.807) is 24.3 Å². The van der Waals surface area contributed by atoms with Gasteiger partial charge >= 0.3 is 0 Å². The summed E-state index contributed by atoms with van der Waals surface area (Å²) < 4.78 is 5.57. The molecule has 6 heteroatoms. The maximum absolute atomic E-state index is 12.2. The third kappa shape index (κ3) is 2.84. The molecule has 0 fully saturated rings. The highest BCUT2D eigenvalue weighted by atomic mass is 79.9. The number of carbonyl (C=O) groups is 1. The molecule has 0 bridgehead atoms. The second kappa shape index (κ2) is 5.79. The van der Waals surface area contributed by atoms with Gasteiger partial charge in [-0.05, 0) is 40.2 Å². The molecule has 0 radical (unpaired) electrons. The van der Waals surface area contributed by atoms with Crippen LogP contribution in [0.1, 0.15) is 22.0 Å². The number of ketones is 1. The van der Waals surface area contributed by atoms with Crippen LogP contribution in [-0.2, 0) is 0 Å². The summed E-state index contributed by atoms with van der Waals surface area (Å²) in [5.74, 6) is -1.50. The van der Waals surface area contributed by atoms with Gasteiger partial charge in [0.1, 0.15) is 5.92 Å². The highest BCUT2D eigenvalue weighted by molar-refractivity contribution is 9.10. The predicted molar refractivity (Wildman–Crippen MR) is 75.6 cm³/mol. The summed E-state index contributed by atoms with van der Waals surface area (Å²) in [7, 11) is 0. The van der Waals surface area contributed by atoms with Gasteiger partial charge in [-0.3, -0.25) is 4.79 Å². The van der Waals surface area contributed by atoms with Gasteiger partial charge in [-0.2, -0.15) is 5.26 Å². The average molecular weight is 359 g/mol. The molecule has 0 aliphatic carbocycles. The fourth-order valence-corrected chi connectivity index (χ4v) is 2.55. The van der Waals surface area contributed by atoms with Gasteiger partial charge in [0.25, 0.3) is 0 Å². The quantitative estimate of drug-likeness (QED) is 0.737. The van der Waals surface area contributed by atoms with Crippen LogP contribution < -0.4 is 0 Å². The van der Waals surface area contributed by atoms with Gasteiger partial charge in [0, 0.05) is 15.6 Å². The van der Waals surface area contributed by atoms with Crippen molar-refractivity contribution in [1.29, 1.82) is 5.26 Å². The third-order valence-corrected chi connectivity index (χ3v) is 3.58.